The average molecular weight is 290 g/mol. The summed E-state index contributed by atoms with van der Waals surface area (Å²) in [6.07, 6.45) is 20.8. The molecule has 0 fully saturated rings. The zero-order chi connectivity index (χ0) is 15.8. The van der Waals surface area contributed by atoms with E-state index in [2.05, 4.69) is 38.1 Å². The first-order valence-electron chi connectivity index (χ1n) is 8.76. The lowest BCUT2D eigenvalue weighted by molar-refractivity contribution is 0.461. The van der Waals surface area contributed by atoms with Crippen molar-refractivity contribution >= 4 is 6.21 Å². The highest BCUT2D eigenvalue weighted by Crippen LogP contribution is 2.25. The van der Waals surface area contributed by atoms with Crippen molar-refractivity contribution in [2.24, 2.45) is 10.9 Å². The van der Waals surface area contributed by atoms with E-state index in [1.54, 1.807) is 6.20 Å². The molecule has 1 nitrogen and oxygen atoms in total. The van der Waals surface area contributed by atoms with E-state index in [1.807, 2.05) is 12.3 Å². The van der Waals surface area contributed by atoms with Crippen LogP contribution in [-0.4, -0.2) is 6.21 Å². The molecule has 0 atom stereocenters. The lowest BCUT2D eigenvalue weighted by Crippen LogP contribution is -2.04. The molecule has 0 spiro atoms. The molecular weight excluding hydrogens is 254 g/mol. The summed E-state index contributed by atoms with van der Waals surface area (Å²) < 4.78 is 0. The highest BCUT2D eigenvalue weighted by atomic mass is 14.6. The summed E-state index contributed by atoms with van der Waals surface area (Å²) in [6.45, 7) is 12.1. The largest absolute Gasteiger partial charge is 0.265 e. The summed E-state index contributed by atoms with van der Waals surface area (Å²) in [6, 6.07) is 0. The maximum Gasteiger partial charge on any atom is 0.0270 e. The van der Waals surface area contributed by atoms with Crippen molar-refractivity contribution in [1.29, 1.82) is 0 Å². The van der Waals surface area contributed by atoms with Gasteiger partial charge in [0.2, 0.25) is 0 Å². The molecule has 0 aliphatic rings. The predicted octanol–water partition coefficient (Wildman–Crippen LogP) is 6.87. The monoisotopic (exact) mass is 289 g/mol. The molecule has 0 N–H and O–H groups in total. The summed E-state index contributed by atoms with van der Waals surface area (Å²) in [5.41, 5.74) is 1.34. The lowest BCUT2D eigenvalue weighted by atomic mass is 9.87. The molecule has 0 aliphatic heterocycles. The Kier molecular flexibility index (Phi) is 14.5. The number of allylic oxidation sites excluding steroid dienone is 3. The quantitative estimate of drug-likeness (QED) is 0.188. The minimum atomic E-state index is 0.646. The molecule has 0 saturated heterocycles. The molecule has 120 valence electrons. The van der Waals surface area contributed by atoms with Gasteiger partial charge in [-0.3, -0.25) is 4.99 Å². The fraction of sp³-hybridized carbons (Fsp3) is 0.650. The summed E-state index contributed by atoms with van der Waals surface area (Å²) in [5, 5.41) is 0. The van der Waals surface area contributed by atoms with Crippen molar-refractivity contribution in [3.8, 4) is 0 Å². The van der Waals surface area contributed by atoms with E-state index in [1.165, 1.54) is 69.8 Å². The third kappa shape index (κ3) is 11.2. The van der Waals surface area contributed by atoms with Gasteiger partial charge in [0.25, 0.3) is 0 Å². The van der Waals surface area contributed by atoms with Gasteiger partial charge in [0.05, 0.1) is 0 Å². The fourth-order valence-corrected chi connectivity index (χ4v) is 2.67. The number of rotatable bonds is 14. The van der Waals surface area contributed by atoms with Crippen LogP contribution in [0, 0.1) is 5.92 Å². The van der Waals surface area contributed by atoms with Crippen LogP contribution in [0.2, 0.25) is 0 Å². The van der Waals surface area contributed by atoms with Crippen LogP contribution in [0.5, 0.6) is 0 Å². The van der Waals surface area contributed by atoms with Crippen LogP contribution in [0.3, 0.4) is 0 Å². The number of hydrogen-bond donors (Lipinski definition) is 0. The minimum Gasteiger partial charge on any atom is -0.265 e. The van der Waals surface area contributed by atoms with Crippen molar-refractivity contribution in [3.05, 3.63) is 37.1 Å². The molecule has 0 radical (unpaired) electrons. The normalized spacial score (nSPS) is 12.2. The van der Waals surface area contributed by atoms with Gasteiger partial charge in [-0.15, -0.1) is 0 Å². The van der Waals surface area contributed by atoms with Gasteiger partial charge >= 0.3 is 0 Å². The Bertz CT molecular complexity index is 300. The van der Waals surface area contributed by atoms with E-state index in [0.29, 0.717) is 5.92 Å². The smallest absolute Gasteiger partial charge is 0.0270 e. The average Bonchev–Trinajstić information content (AvgIpc) is 2.50. The molecule has 0 saturated carbocycles. The van der Waals surface area contributed by atoms with Gasteiger partial charge in [-0.05, 0) is 30.4 Å². The third-order valence-corrected chi connectivity index (χ3v) is 3.98. The second-order valence-electron chi connectivity index (χ2n) is 5.75. The molecule has 0 aromatic rings. The molecule has 0 aromatic heterocycles. The Morgan fingerprint density at radius 2 is 1.48 bits per heavy atom. The van der Waals surface area contributed by atoms with Crippen molar-refractivity contribution < 1.29 is 0 Å². The Morgan fingerprint density at radius 3 is 1.90 bits per heavy atom. The van der Waals surface area contributed by atoms with Crippen molar-refractivity contribution in [3.63, 3.8) is 0 Å². The van der Waals surface area contributed by atoms with Crippen LogP contribution < -0.4 is 0 Å². The molecule has 0 amide bonds. The standard InChI is InChI=1S/C20H35N/c1-5-9-11-13-15-20(16-14-12-10-6-2)19(7-3)17-18-21-8-4/h7-8,17-18,20H,3-6,9-16H2,1-2H3/b19-17+,21-18?. The predicted molar refractivity (Wildman–Crippen MR) is 98.0 cm³/mol. The molecule has 0 bridgehead atoms. The van der Waals surface area contributed by atoms with Gasteiger partial charge in [0, 0.05) is 12.4 Å². The molecule has 0 heterocycles. The highest BCUT2D eigenvalue weighted by molar-refractivity contribution is 5.73. The maximum atomic E-state index is 4.08. The number of aliphatic imine (C=N–C) groups is 1. The minimum absolute atomic E-state index is 0.646. The van der Waals surface area contributed by atoms with Gasteiger partial charge in [-0.25, -0.2) is 0 Å². The molecular formula is C20H35N. The summed E-state index contributed by atoms with van der Waals surface area (Å²) in [7, 11) is 0. The fourth-order valence-electron chi connectivity index (χ4n) is 2.67. The molecule has 0 aromatic carbocycles. The first-order chi connectivity index (χ1) is 10.3. The molecule has 0 rings (SSSR count). The Labute approximate surface area is 132 Å². The Balaban J connectivity index is 4.49. The number of hydrogen-bond acceptors (Lipinski definition) is 1. The van der Waals surface area contributed by atoms with Crippen LogP contribution in [0.1, 0.15) is 78.1 Å². The lowest BCUT2D eigenvalue weighted by Gasteiger charge is -2.18. The van der Waals surface area contributed by atoms with Gasteiger partial charge in [-0.2, -0.15) is 0 Å². The second kappa shape index (κ2) is 15.3. The van der Waals surface area contributed by atoms with Crippen LogP contribution in [-0.2, 0) is 0 Å². The topological polar surface area (TPSA) is 12.4 Å². The molecule has 0 unspecified atom stereocenters. The zero-order valence-corrected chi connectivity index (χ0v) is 14.3. The van der Waals surface area contributed by atoms with E-state index in [4.69, 9.17) is 0 Å². The van der Waals surface area contributed by atoms with E-state index in [9.17, 15) is 0 Å². The van der Waals surface area contributed by atoms with Crippen molar-refractivity contribution in [2.75, 3.05) is 0 Å². The Hall–Kier alpha value is -1.11. The number of unbranched alkanes of at least 4 members (excludes halogenated alkanes) is 6. The molecule has 21 heavy (non-hydrogen) atoms. The maximum absolute atomic E-state index is 4.08. The summed E-state index contributed by atoms with van der Waals surface area (Å²) in [4.78, 5) is 4.08. The zero-order valence-electron chi connectivity index (χ0n) is 14.3. The number of nitrogens with zero attached hydrogens (tertiary/aromatic N) is 1. The van der Waals surface area contributed by atoms with E-state index in [0.717, 1.165) is 0 Å². The van der Waals surface area contributed by atoms with Gasteiger partial charge in [0.15, 0.2) is 0 Å². The second-order valence-corrected chi connectivity index (χ2v) is 5.75. The van der Waals surface area contributed by atoms with Crippen LogP contribution in [0.4, 0.5) is 0 Å². The van der Waals surface area contributed by atoms with Gasteiger partial charge in [0.1, 0.15) is 0 Å². The molecule has 0 aliphatic carbocycles. The van der Waals surface area contributed by atoms with Crippen molar-refractivity contribution in [1.82, 2.24) is 0 Å². The van der Waals surface area contributed by atoms with E-state index in [-0.39, 0.29) is 0 Å². The van der Waals surface area contributed by atoms with Crippen LogP contribution in [0.15, 0.2) is 42.1 Å². The van der Waals surface area contributed by atoms with E-state index < -0.39 is 0 Å². The first kappa shape index (κ1) is 19.9. The summed E-state index contributed by atoms with van der Waals surface area (Å²) >= 11 is 0. The van der Waals surface area contributed by atoms with Gasteiger partial charge in [-0.1, -0.05) is 84.4 Å². The van der Waals surface area contributed by atoms with Crippen molar-refractivity contribution in [2.45, 2.75) is 78.1 Å². The van der Waals surface area contributed by atoms with Gasteiger partial charge < -0.3 is 0 Å². The summed E-state index contributed by atoms with van der Waals surface area (Å²) in [5.74, 6) is 0.646. The first-order valence-corrected chi connectivity index (χ1v) is 8.76. The highest BCUT2D eigenvalue weighted by Gasteiger charge is 2.11. The van der Waals surface area contributed by atoms with Crippen LogP contribution >= 0.6 is 0 Å². The third-order valence-electron chi connectivity index (χ3n) is 3.98. The van der Waals surface area contributed by atoms with Crippen LogP contribution in [0.25, 0.3) is 0 Å². The molecule has 1 heteroatoms. The SMILES string of the molecule is C=CN=C/C=C(\C=C)C(CCCCCC)CCCCCC. The Morgan fingerprint density at radius 1 is 0.905 bits per heavy atom. The van der Waals surface area contributed by atoms with E-state index >= 15 is 0 Å².